The largest absolute Gasteiger partial charge is 0.431 e. The van der Waals surface area contributed by atoms with Crippen LogP contribution >= 0.6 is 11.8 Å². The average molecular weight is 308 g/mol. The maximum Gasteiger partial charge on any atom is 0.257 e. The second-order valence-electron chi connectivity index (χ2n) is 4.84. The fourth-order valence-corrected chi connectivity index (χ4v) is 2.69. The molecule has 2 rings (SSSR count). The van der Waals surface area contributed by atoms with Crippen LogP contribution < -0.4 is 0 Å². The number of aromatic nitrogens is 1. The standard InChI is InChI=1S/C15H20N2O3S/c1-17(9-5-2-6-10-18)14(19)11-21-15-16-12-7-3-4-8-13(12)20-15/h3-4,7-8,18H,2,5-6,9-11H2,1H3. The van der Waals surface area contributed by atoms with Crippen molar-refractivity contribution in [1.82, 2.24) is 9.88 Å². The van der Waals surface area contributed by atoms with Gasteiger partial charge in [-0.1, -0.05) is 23.9 Å². The Morgan fingerprint density at radius 2 is 2.14 bits per heavy atom. The minimum atomic E-state index is 0.0613. The normalized spacial score (nSPS) is 11.0. The van der Waals surface area contributed by atoms with Gasteiger partial charge in [0.15, 0.2) is 5.58 Å². The number of carbonyl (C=O) groups is 1. The molecule has 114 valence electrons. The predicted octanol–water partition coefficient (Wildman–Crippen LogP) is 2.54. The lowest BCUT2D eigenvalue weighted by molar-refractivity contribution is -0.127. The van der Waals surface area contributed by atoms with E-state index in [4.69, 9.17) is 9.52 Å². The van der Waals surface area contributed by atoms with E-state index in [9.17, 15) is 4.79 Å². The van der Waals surface area contributed by atoms with Gasteiger partial charge in [-0.3, -0.25) is 4.79 Å². The summed E-state index contributed by atoms with van der Waals surface area (Å²) in [4.78, 5) is 18.0. The van der Waals surface area contributed by atoms with Crippen LogP contribution in [0, 0.1) is 0 Å². The molecule has 1 amide bonds. The van der Waals surface area contributed by atoms with Gasteiger partial charge in [-0.2, -0.15) is 0 Å². The molecule has 0 saturated carbocycles. The zero-order valence-electron chi connectivity index (χ0n) is 12.1. The van der Waals surface area contributed by atoms with E-state index in [-0.39, 0.29) is 12.5 Å². The summed E-state index contributed by atoms with van der Waals surface area (Å²) in [5, 5.41) is 9.24. The third kappa shape index (κ3) is 4.75. The van der Waals surface area contributed by atoms with E-state index in [1.165, 1.54) is 11.8 Å². The highest BCUT2D eigenvalue weighted by atomic mass is 32.2. The maximum absolute atomic E-state index is 12.0. The van der Waals surface area contributed by atoms with E-state index in [1.807, 2.05) is 24.3 Å². The number of para-hydroxylation sites is 2. The molecule has 0 aliphatic heterocycles. The number of fused-ring (bicyclic) bond motifs is 1. The Morgan fingerprint density at radius 1 is 1.33 bits per heavy atom. The molecular formula is C15H20N2O3S. The molecule has 0 bridgehead atoms. The van der Waals surface area contributed by atoms with Crippen molar-refractivity contribution in [1.29, 1.82) is 0 Å². The lowest BCUT2D eigenvalue weighted by atomic mass is 10.2. The number of hydrogen-bond acceptors (Lipinski definition) is 5. The highest BCUT2D eigenvalue weighted by molar-refractivity contribution is 7.99. The van der Waals surface area contributed by atoms with Crippen molar-refractivity contribution < 1.29 is 14.3 Å². The number of rotatable bonds is 8. The summed E-state index contributed by atoms with van der Waals surface area (Å²) in [6.45, 7) is 0.929. The summed E-state index contributed by atoms with van der Waals surface area (Å²) in [6, 6.07) is 7.55. The Morgan fingerprint density at radius 3 is 2.90 bits per heavy atom. The minimum Gasteiger partial charge on any atom is -0.431 e. The first-order valence-electron chi connectivity index (χ1n) is 7.04. The smallest absolute Gasteiger partial charge is 0.257 e. The van der Waals surface area contributed by atoms with Crippen molar-refractivity contribution in [2.75, 3.05) is 26.0 Å². The highest BCUT2D eigenvalue weighted by Crippen LogP contribution is 2.23. The number of aliphatic hydroxyl groups excluding tert-OH is 1. The van der Waals surface area contributed by atoms with Crippen LogP contribution in [0.2, 0.25) is 0 Å². The lowest BCUT2D eigenvalue weighted by Crippen LogP contribution is -2.29. The Balaban J connectivity index is 1.77. The first-order valence-corrected chi connectivity index (χ1v) is 8.02. The second-order valence-corrected chi connectivity index (χ2v) is 5.76. The van der Waals surface area contributed by atoms with Crippen molar-refractivity contribution >= 4 is 28.8 Å². The summed E-state index contributed by atoms with van der Waals surface area (Å²) >= 11 is 1.32. The van der Waals surface area contributed by atoms with Crippen LogP contribution in [0.15, 0.2) is 33.9 Å². The van der Waals surface area contributed by atoms with Gasteiger partial charge in [0.25, 0.3) is 5.22 Å². The van der Waals surface area contributed by atoms with Crippen LogP contribution in [0.3, 0.4) is 0 Å². The summed E-state index contributed by atoms with van der Waals surface area (Å²) in [6.07, 6.45) is 2.64. The minimum absolute atomic E-state index is 0.0613. The molecule has 0 radical (unpaired) electrons. The molecule has 2 aromatic rings. The van der Waals surface area contributed by atoms with Gasteiger partial charge in [0, 0.05) is 20.2 Å². The van der Waals surface area contributed by atoms with Gasteiger partial charge in [0.2, 0.25) is 5.91 Å². The number of benzene rings is 1. The number of thioether (sulfide) groups is 1. The van der Waals surface area contributed by atoms with Crippen molar-refractivity contribution in [3.63, 3.8) is 0 Å². The molecule has 1 aromatic heterocycles. The van der Waals surface area contributed by atoms with Crippen molar-refractivity contribution in [2.45, 2.75) is 24.5 Å². The molecule has 1 N–H and O–H groups in total. The van der Waals surface area contributed by atoms with Gasteiger partial charge in [-0.05, 0) is 31.4 Å². The van der Waals surface area contributed by atoms with E-state index >= 15 is 0 Å². The SMILES string of the molecule is CN(CCCCCO)C(=O)CSc1nc2ccccc2o1. The Bertz CT molecular complexity index is 552. The summed E-state index contributed by atoms with van der Waals surface area (Å²) in [5.41, 5.74) is 1.55. The number of hydrogen-bond donors (Lipinski definition) is 1. The van der Waals surface area contributed by atoms with Gasteiger partial charge >= 0.3 is 0 Å². The van der Waals surface area contributed by atoms with Gasteiger partial charge in [0.1, 0.15) is 5.52 Å². The first-order chi connectivity index (χ1) is 10.2. The molecule has 0 atom stereocenters. The topological polar surface area (TPSA) is 66.6 Å². The quantitative estimate of drug-likeness (QED) is 0.599. The number of nitrogens with zero attached hydrogens (tertiary/aromatic N) is 2. The number of carbonyl (C=O) groups excluding carboxylic acids is 1. The number of unbranched alkanes of at least 4 members (excludes halogenated alkanes) is 2. The molecule has 1 aromatic carbocycles. The fourth-order valence-electron chi connectivity index (χ4n) is 1.91. The van der Waals surface area contributed by atoms with Crippen LogP contribution in [-0.2, 0) is 4.79 Å². The van der Waals surface area contributed by atoms with E-state index in [0.717, 1.165) is 30.4 Å². The average Bonchev–Trinajstić information content (AvgIpc) is 2.91. The number of oxazole rings is 1. The molecule has 0 saturated heterocycles. The van der Waals surface area contributed by atoms with Gasteiger partial charge in [0.05, 0.1) is 5.75 Å². The fraction of sp³-hybridized carbons (Fsp3) is 0.467. The molecular weight excluding hydrogens is 288 g/mol. The van der Waals surface area contributed by atoms with Crippen molar-refractivity contribution in [2.24, 2.45) is 0 Å². The predicted molar refractivity (Wildman–Crippen MR) is 83.3 cm³/mol. The lowest BCUT2D eigenvalue weighted by Gasteiger charge is -2.16. The first kappa shape index (κ1) is 15.9. The van der Waals surface area contributed by atoms with Crippen LogP contribution in [0.4, 0.5) is 0 Å². The molecule has 0 unspecified atom stereocenters. The van der Waals surface area contributed by atoms with Crippen LogP contribution in [0.5, 0.6) is 0 Å². The molecule has 0 fully saturated rings. The number of amides is 1. The third-order valence-electron chi connectivity index (χ3n) is 3.17. The Labute approximate surface area is 128 Å². The molecule has 5 nitrogen and oxygen atoms in total. The highest BCUT2D eigenvalue weighted by Gasteiger charge is 2.12. The number of aliphatic hydroxyl groups is 1. The van der Waals surface area contributed by atoms with Crippen LogP contribution in [0.25, 0.3) is 11.1 Å². The molecule has 1 heterocycles. The summed E-state index contributed by atoms with van der Waals surface area (Å²) < 4.78 is 5.56. The molecule has 21 heavy (non-hydrogen) atoms. The van der Waals surface area contributed by atoms with E-state index in [1.54, 1.807) is 11.9 Å². The van der Waals surface area contributed by atoms with Gasteiger partial charge in [-0.25, -0.2) is 4.98 Å². The van der Waals surface area contributed by atoms with Gasteiger partial charge in [-0.15, -0.1) is 0 Å². The van der Waals surface area contributed by atoms with Crippen molar-refractivity contribution in [3.8, 4) is 0 Å². The van der Waals surface area contributed by atoms with Crippen molar-refractivity contribution in [3.05, 3.63) is 24.3 Å². The zero-order chi connectivity index (χ0) is 15.1. The molecule has 0 aliphatic carbocycles. The van der Waals surface area contributed by atoms with E-state index < -0.39 is 0 Å². The third-order valence-corrected chi connectivity index (χ3v) is 3.98. The summed E-state index contributed by atoms with van der Waals surface area (Å²) in [5.74, 6) is 0.384. The maximum atomic E-state index is 12.0. The monoisotopic (exact) mass is 308 g/mol. The Hall–Kier alpha value is -1.53. The summed E-state index contributed by atoms with van der Waals surface area (Å²) in [7, 11) is 1.80. The van der Waals surface area contributed by atoms with E-state index in [0.29, 0.717) is 17.5 Å². The van der Waals surface area contributed by atoms with Crippen LogP contribution in [0.1, 0.15) is 19.3 Å². The van der Waals surface area contributed by atoms with Crippen LogP contribution in [-0.4, -0.2) is 46.8 Å². The zero-order valence-corrected chi connectivity index (χ0v) is 12.9. The molecule has 0 spiro atoms. The van der Waals surface area contributed by atoms with E-state index in [2.05, 4.69) is 4.98 Å². The Kier molecular flexibility index (Phi) is 6.07. The molecule has 6 heteroatoms. The van der Waals surface area contributed by atoms with Gasteiger partial charge < -0.3 is 14.4 Å². The second kappa shape index (κ2) is 8.05. The molecule has 0 aliphatic rings.